The molecule has 2 N–H and O–H groups in total. The fourth-order valence-corrected chi connectivity index (χ4v) is 1.94. The summed E-state index contributed by atoms with van der Waals surface area (Å²) in [5, 5.41) is 0. The highest BCUT2D eigenvalue weighted by molar-refractivity contribution is 6.10. The van der Waals surface area contributed by atoms with Crippen LogP contribution >= 0.6 is 0 Å². The normalized spacial score (nSPS) is 10.8. The number of nitrogens with one attached hydrogen (secondary N) is 2. The van der Waals surface area contributed by atoms with Gasteiger partial charge in [-0.1, -0.05) is 0 Å². The summed E-state index contributed by atoms with van der Waals surface area (Å²) in [7, 11) is 0. The molecule has 5 heteroatoms. The molecule has 0 aliphatic carbocycles. The molecule has 0 unspecified atom stereocenters. The summed E-state index contributed by atoms with van der Waals surface area (Å²) in [6.07, 6.45) is 0. The molecule has 0 fully saturated rings. The molecule has 1 heterocycles. The van der Waals surface area contributed by atoms with Crippen molar-refractivity contribution >= 4 is 16.8 Å². The lowest BCUT2D eigenvalue weighted by molar-refractivity contribution is 0.103. The van der Waals surface area contributed by atoms with Gasteiger partial charge < -0.3 is 9.97 Å². The van der Waals surface area contributed by atoms with Crippen LogP contribution in [0.25, 0.3) is 11.0 Å². The van der Waals surface area contributed by atoms with Crippen molar-refractivity contribution in [3.8, 4) is 0 Å². The number of carbonyl (C=O) groups excluding carboxylic acids is 1. The number of rotatable bonds is 2. The second-order valence-electron chi connectivity index (χ2n) is 4.18. The lowest BCUT2D eigenvalue weighted by atomic mass is 10.0. The molecule has 0 spiro atoms. The fourth-order valence-electron chi connectivity index (χ4n) is 1.94. The third-order valence-corrected chi connectivity index (χ3v) is 2.88. The molecule has 19 heavy (non-hydrogen) atoms. The SMILES string of the molecule is O=C(c1ccc(F)cc1)c1ccc2[nH]c(=O)[nH]c2c1. The number of aromatic nitrogens is 2. The zero-order valence-electron chi connectivity index (χ0n) is 9.74. The van der Waals surface area contributed by atoms with Crippen LogP contribution in [-0.2, 0) is 0 Å². The van der Waals surface area contributed by atoms with Crippen LogP contribution in [-0.4, -0.2) is 15.8 Å². The van der Waals surface area contributed by atoms with Gasteiger partial charge >= 0.3 is 5.69 Å². The first-order chi connectivity index (χ1) is 9.13. The fraction of sp³-hybridized carbons (Fsp3) is 0. The van der Waals surface area contributed by atoms with Crippen LogP contribution in [0.5, 0.6) is 0 Å². The predicted octanol–water partition coefficient (Wildman–Crippen LogP) is 2.23. The van der Waals surface area contributed by atoms with Crippen molar-refractivity contribution in [1.29, 1.82) is 0 Å². The Morgan fingerprint density at radius 1 is 0.895 bits per heavy atom. The monoisotopic (exact) mass is 256 g/mol. The van der Waals surface area contributed by atoms with E-state index in [0.717, 1.165) is 0 Å². The second kappa shape index (κ2) is 4.20. The summed E-state index contributed by atoms with van der Waals surface area (Å²) in [6, 6.07) is 10.2. The minimum Gasteiger partial charge on any atom is -0.306 e. The number of fused-ring (bicyclic) bond motifs is 1. The van der Waals surface area contributed by atoms with Gasteiger partial charge in [0.1, 0.15) is 5.82 Å². The highest BCUT2D eigenvalue weighted by Crippen LogP contribution is 2.15. The van der Waals surface area contributed by atoms with Crippen LogP contribution in [0, 0.1) is 5.82 Å². The number of ketones is 1. The average molecular weight is 256 g/mol. The molecule has 0 amide bonds. The minimum atomic E-state index is -0.387. The molecule has 0 aliphatic heterocycles. The average Bonchev–Trinajstić information content (AvgIpc) is 2.77. The van der Waals surface area contributed by atoms with E-state index in [4.69, 9.17) is 0 Å². The molecule has 0 bridgehead atoms. The van der Waals surface area contributed by atoms with Crippen LogP contribution in [0.2, 0.25) is 0 Å². The number of halogens is 1. The largest absolute Gasteiger partial charge is 0.323 e. The van der Waals surface area contributed by atoms with Gasteiger partial charge in [0.2, 0.25) is 0 Å². The minimum absolute atomic E-state index is 0.219. The smallest absolute Gasteiger partial charge is 0.306 e. The number of carbonyl (C=O) groups is 1. The van der Waals surface area contributed by atoms with Crippen LogP contribution < -0.4 is 5.69 Å². The number of aromatic amines is 2. The van der Waals surface area contributed by atoms with E-state index in [-0.39, 0.29) is 17.3 Å². The molecule has 94 valence electrons. The van der Waals surface area contributed by atoms with Crippen molar-refractivity contribution in [1.82, 2.24) is 9.97 Å². The molecular weight excluding hydrogens is 247 g/mol. The van der Waals surface area contributed by atoms with Gasteiger partial charge in [0, 0.05) is 11.1 Å². The summed E-state index contributed by atoms with van der Waals surface area (Å²) in [5.74, 6) is -0.606. The van der Waals surface area contributed by atoms with Crippen LogP contribution in [0.4, 0.5) is 4.39 Å². The summed E-state index contributed by atoms with van der Waals surface area (Å²) in [6.45, 7) is 0. The van der Waals surface area contributed by atoms with E-state index in [9.17, 15) is 14.0 Å². The van der Waals surface area contributed by atoms with Crippen molar-refractivity contribution in [2.24, 2.45) is 0 Å². The van der Waals surface area contributed by atoms with Gasteiger partial charge in [-0.2, -0.15) is 0 Å². The Labute approximate surface area is 106 Å². The van der Waals surface area contributed by atoms with E-state index in [1.807, 2.05) is 0 Å². The summed E-state index contributed by atoms with van der Waals surface area (Å²) < 4.78 is 12.8. The zero-order chi connectivity index (χ0) is 13.4. The molecular formula is C14H9FN2O2. The second-order valence-corrected chi connectivity index (χ2v) is 4.18. The van der Waals surface area contributed by atoms with Crippen LogP contribution in [0.3, 0.4) is 0 Å². The van der Waals surface area contributed by atoms with Gasteiger partial charge in [0.25, 0.3) is 0 Å². The van der Waals surface area contributed by atoms with Gasteiger partial charge in [-0.3, -0.25) is 4.79 Å². The molecule has 4 nitrogen and oxygen atoms in total. The first kappa shape index (κ1) is 11.4. The van der Waals surface area contributed by atoms with Gasteiger partial charge in [-0.15, -0.1) is 0 Å². The van der Waals surface area contributed by atoms with Crippen LogP contribution in [0.15, 0.2) is 47.3 Å². The van der Waals surface area contributed by atoms with Gasteiger partial charge in [-0.25, -0.2) is 9.18 Å². The Kier molecular flexibility index (Phi) is 2.52. The van der Waals surface area contributed by atoms with E-state index >= 15 is 0 Å². The van der Waals surface area contributed by atoms with Gasteiger partial charge in [-0.05, 0) is 42.5 Å². The maximum Gasteiger partial charge on any atom is 0.323 e. The van der Waals surface area contributed by atoms with Crippen molar-refractivity contribution in [3.05, 3.63) is 69.9 Å². The first-order valence-corrected chi connectivity index (χ1v) is 5.66. The van der Waals surface area contributed by atoms with Crippen molar-refractivity contribution in [2.45, 2.75) is 0 Å². The summed E-state index contributed by atoms with van der Waals surface area (Å²) in [5.41, 5.74) is 1.73. The summed E-state index contributed by atoms with van der Waals surface area (Å²) >= 11 is 0. The first-order valence-electron chi connectivity index (χ1n) is 5.66. The molecule has 0 radical (unpaired) electrons. The Hall–Kier alpha value is -2.69. The molecule has 0 atom stereocenters. The number of imidazole rings is 1. The maximum atomic E-state index is 12.8. The molecule has 0 aliphatic rings. The van der Waals surface area contributed by atoms with Crippen molar-refractivity contribution in [3.63, 3.8) is 0 Å². The molecule has 1 aromatic heterocycles. The van der Waals surface area contributed by atoms with Crippen molar-refractivity contribution < 1.29 is 9.18 Å². The van der Waals surface area contributed by atoms with Crippen LogP contribution in [0.1, 0.15) is 15.9 Å². The predicted molar refractivity (Wildman–Crippen MR) is 68.8 cm³/mol. The number of hydrogen-bond acceptors (Lipinski definition) is 2. The Morgan fingerprint density at radius 3 is 2.26 bits per heavy atom. The van der Waals surface area contributed by atoms with E-state index in [2.05, 4.69) is 9.97 Å². The number of H-pyrrole nitrogens is 2. The van der Waals surface area contributed by atoms with E-state index in [0.29, 0.717) is 22.2 Å². The Balaban J connectivity index is 2.05. The van der Waals surface area contributed by atoms with E-state index < -0.39 is 0 Å². The quantitative estimate of drug-likeness (QED) is 0.690. The lowest BCUT2D eigenvalue weighted by Gasteiger charge is -2.01. The van der Waals surface area contributed by atoms with Gasteiger partial charge in [0.15, 0.2) is 5.78 Å². The third kappa shape index (κ3) is 2.06. The van der Waals surface area contributed by atoms with Gasteiger partial charge in [0.05, 0.1) is 11.0 Å². The molecule has 2 aromatic carbocycles. The summed E-state index contributed by atoms with van der Waals surface area (Å²) in [4.78, 5) is 28.5. The Morgan fingerprint density at radius 2 is 1.53 bits per heavy atom. The highest BCUT2D eigenvalue weighted by Gasteiger charge is 2.10. The standard InChI is InChI=1S/C14H9FN2O2/c15-10-4-1-8(2-5-10)13(18)9-3-6-11-12(7-9)17-14(19)16-11/h1-7H,(H2,16,17,19). The molecule has 3 aromatic rings. The molecule has 0 saturated heterocycles. The molecule has 3 rings (SSSR count). The lowest BCUT2D eigenvalue weighted by Crippen LogP contribution is -2.01. The topological polar surface area (TPSA) is 65.7 Å². The molecule has 0 saturated carbocycles. The van der Waals surface area contributed by atoms with Crippen molar-refractivity contribution in [2.75, 3.05) is 0 Å². The van der Waals surface area contributed by atoms with E-state index in [1.165, 1.54) is 24.3 Å². The Bertz CT molecular complexity index is 815. The highest BCUT2D eigenvalue weighted by atomic mass is 19.1. The zero-order valence-corrected chi connectivity index (χ0v) is 9.74. The van der Waals surface area contributed by atoms with E-state index in [1.54, 1.807) is 18.2 Å². The number of hydrogen-bond donors (Lipinski definition) is 2. The maximum absolute atomic E-state index is 12.8. The third-order valence-electron chi connectivity index (χ3n) is 2.88. The number of benzene rings is 2.